The van der Waals surface area contributed by atoms with Gasteiger partial charge in [0.05, 0.1) is 23.7 Å². The average molecular weight is 372 g/mol. The number of rotatable bonds is 6. The van der Waals surface area contributed by atoms with Crippen LogP contribution in [0.2, 0.25) is 0 Å². The highest BCUT2D eigenvalue weighted by Crippen LogP contribution is 2.22. The first kappa shape index (κ1) is 19.0. The monoisotopic (exact) mass is 372 g/mol. The Kier molecular flexibility index (Phi) is 5.93. The largest absolute Gasteiger partial charge is 0.323 e. The number of anilines is 3. The van der Waals surface area contributed by atoms with Crippen molar-refractivity contribution in [3.05, 3.63) is 54.1 Å². The fourth-order valence-electron chi connectivity index (χ4n) is 2.07. The predicted molar refractivity (Wildman–Crippen MR) is 98.2 cm³/mol. The van der Waals surface area contributed by atoms with Crippen LogP contribution >= 0.6 is 0 Å². The topological polar surface area (TPSA) is 128 Å². The van der Waals surface area contributed by atoms with Crippen LogP contribution in [0, 0.1) is 11.3 Å². The van der Waals surface area contributed by atoms with Gasteiger partial charge < -0.3 is 10.6 Å². The number of carbonyl (C=O) groups excluding carboxylic acids is 2. The molecular formula is C17H16N4O4S. The highest BCUT2D eigenvalue weighted by atomic mass is 32.2. The maximum atomic E-state index is 12.4. The third-order valence-electron chi connectivity index (χ3n) is 3.14. The summed E-state index contributed by atoms with van der Waals surface area (Å²) in [7, 11) is -3.39. The van der Waals surface area contributed by atoms with Gasteiger partial charge in [-0.25, -0.2) is 8.42 Å². The van der Waals surface area contributed by atoms with E-state index in [-0.39, 0.29) is 6.42 Å². The van der Waals surface area contributed by atoms with Gasteiger partial charge in [0.25, 0.3) is 5.91 Å². The molecule has 0 aliphatic carbocycles. The molecule has 0 fully saturated rings. The second-order valence-corrected chi connectivity index (χ2v) is 7.08. The summed E-state index contributed by atoms with van der Waals surface area (Å²) in [4.78, 5) is 23.9. The van der Waals surface area contributed by atoms with E-state index in [1.165, 1.54) is 24.3 Å². The lowest BCUT2D eigenvalue weighted by molar-refractivity contribution is -0.115. The quantitative estimate of drug-likeness (QED) is 0.716. The van der Waals surface area contributed by atoms with Crippen LogP contribution in [0.15, 0.2) is 48.5 Å². The van der Waals surface area contributed by atoms with Crippen molar-refractivity contribution >= 4 is 38.9 Å². The smallest absolute Gasteiger partial charge is 0.255 e. The van der Waals surface area contributed by atoms with Crippen LogP contribution in [0.4, 0.5) is 17.1 Å². The third kappa shape index (κ3) is 5.61. The standard InChI is InChI=1S/C17H16N4O4S/c1-26(24,25)21-13-8-6-12(7-9-13)17(23)20-15-5-3-2-4-14(15)19-16(22)10-11-18/h2-9,21H,10H2,1H3,(H,19,22)(H,20,23). The highest BCUT2D eigenvalue weighted by molar-refractivity contribution is 7.92. The van der Waals surface area contributed by atoms with Gasteiger partial charge in [-0.15, -0.1) is 0 Å². The molecule has 2 aromatic rings. The number of sulfonamides is 1. The second kappa shape index (κ2) is 8.13. The number of nitrogens with one attached hydrogen (secondary N) is 3. The maximum Gasteiger partial charge on any atom is 0.255 e. The second-order valence-electron chi connectivity index (χ2n) is 5.33. The molecule has 0 spiro atoms. The SMILES string of the molecule is CS(=O)(=O)Nc1ccc(C(=O)Nc2ccccc2NC(=O)CC#N)cc1. The van der Waals surface area contributed by atoms with E-state index in [0.29, 0.717) is 22.6 Å². The number of para-hydroxylation sites is 2. The molecule has 2 aromatic carbocycles. The Morgan fingerprint density at radius 2 is 1.58 bits per heavy atom. The van der Waals surface area contributed by atoms with Crippen molar-refractivity contribution in [3.8, 4) is 6.07 Å². The summed E-state index contributed by atoms with van der Waals surface area (Å²) in [5.41, 5.74) is 1.40. The van der Waals surface area contributed by atoms with Crippen molar-refractivity contribution in [3.63, 3.8) is 0 Å². The van der Waals surface area contributed by atoms with Crippen molar-refractivity contribution in [2.75, 3.05) is 21.6 Å². The van der Waals surface area contributed by atoms with E-state index in [1.54, 1.807) is 30.3 Å². The first-order valence-electron chi connectivity index (χ1n) is 7.43. The summed E-state index contributed by atoms with van der Waals surface area (Å²) in [5.74, 6) is -0.914. The van der Waals surface area contributed by atoms with E-state index in [0.717, 1.165) is 6.26 Å². The molecule has 2 rings (SSSR count). The molecule has 0 aliphatic heterocycles. The number of carbonyl (C=O) groups is 2. The summed E-state index contributed by atoms with van der Waals surface area (Å²) in [6.45, 7) is 0. The minimum atomic E-state index is -3.39. The molecule has 0 atom stereocenters. The van der Waals surface area contributed by atoms with Gasteiger partial charge >= 0.3 is 0 Å². The maximum absolute atomic E-state index is 12.4. The summed E-state index contributed by atoms with van der Waals surface area (Å²) in [6, 6.07) is 14.2. The van der Waals surface area contributed by atoms with Gasteiger partial charge in [-0.05, 0) is 36.4 Å². The van der Waals surface area contributed by atoms with Crippen LogP contribution in [0.3, 0.4) is 0 Å². The van der Waals surface area contributed by atoms with Crippen molar-refractivity contribution < 1.29 is 18.0 Å². The average Bonchev–Trinajstić information content (AvgIpc) is 2.56. The lowest BCUT2D eigenvalue weighted by atomic mass is 10.2. The number of hydrogen-bond acceptors (Lipinski definition) is 5. The summed E-state index contributed by atoms with van der Waals surface area (Å²) in [6.07, 6.45) is 0.738. The van der Waals surface area contributed by atoms with Gasteiger partial charge in [0, 0.05) is 11.3 Å². The van der Waals surface area contributed by atoms with Crippen LogP contribution < -0.4 is 15.4 Å². The molecule has 0 saturated carbocycles. The number of nitrogens with zero attached hydrogens (tertiary/aromatic N) is 1. The molecule has 9 heteroatoms. The molecule has 2 amide bonds. The van der Waals surface area contributed by atoms with Gasteiger partial charge in [-0.1, -0.05) is 12.1 Å². The van der Waals surface area contributed by atoms with Crippen molar-refractivity contribution in [1.29, 1.82) is 5.26 Å². The molecule has 0 bridgehead atoms. The van der Waals surface area contributed by atoms with Crippen LogP contribution in [0.1, 0.15) is 16.8 Å². The van der Waals surface area contributed by atoms with Crippen LogP contribution in [-0.4, -0.2) is 26.5 Å². The normalized spacial score (nSPS) is 10.5. The minimum absolute atomic E-state index is 0.295. The highest BCUT2D eigenvalue weighted by Gasteiger charge is 2.11. The zero-order chi connectivity index (χ0) is 19.2. The van der Waals surface area contributed by atoms with E-state index >= 15 is 0 Å². The zero-order valence-corrected chi connectivity index (χ0v) is 14.6. The third-order valence-corrected chi connectivity index (χ3v) is 3.75. The fourth-order valence-corrected chi connectivity index (χ4v) is 2.63. The number of nitriles is 1. The summed E-state index contributed by atoms with van der Waals surface area (Å²) in [5, 5.41) is 13.8. The number of hydrogen-bond donors (Lipinski definition) is 3. The van der Waals surface area contributed by atoms with Gasteiger partial charge in [-0.2, -0.15) is 5.26 Å². The van der Waals surface area contributed by atoms with E-state index < -0.39 is 21.8 Å². The molecule has 0 radical (unpaired) electrons. The Morgan fingerprint density at radius 1 is 1.00 bits per heavy atom. The van der Waals surface area contributed by atoms with Crippen molar-refractivity contribution in [2.45, 2.75) is 6.42 Å². The van der Waals surface area contributed by atoms with E-state index in [9.17, 15) is 18.0 Å². The molecular weight excluding hydrogens is 356 g/mol. The summed E-state index contributed by atoms with van der Waals surface area (Å²) >= 11 is 0. The predicted octanol–water partition coefficient (Wildman–Crippen LogP) is 2.16. The molecule has 0 unspecified atom stereocenters. The number of amides is 2. The molecule has 3 N–H and O–H groups in total. The number of benzene rings is 2. The molecule has 0 saturated heterocycles. The molecule has 0 heterocycles. The Hall–Kier alpha value is -3.38. The summed E-state index contributed by atoms with van der Waals surface area (Å²) < 4.78 is 24.7. The van der Waals surface area contributed by atoms with Gasteiger partial charge in [0.2, 0.25) is 15.9 Å². The lowest BCUT2D eigenvalue weighted by Crippen LogP contribution is -2.16. The Labute approximate surface area is 150 Å². The Bertz CT molecular complexity index is 963. The van der Waals surface area contributed by atoms with Gasteiger partial charge in [0.15, 0.2) is 0 Å². The van der Waals surface area contributed by atoms with Crippen LogP contribution in [-0.2, 0) is 14.8 Å². The zero-order valence-electron chi connectivity index (χ0n) is 13.8. The molecule has 0 aromatic heterocycles. The lowest BCUT2D eigenvalue weighted by Gasteiger charge is -2.12. The minimum Gasteiger partial charge on any atom is -0.323 e. The van der Waals surface area contributed by atoms with E-state index in [1.807, 2.05) is 0 Å². The molecule has 26 heavy (non-hydrogen) atoms. The fraction of sp³-hybridized carbons (Fsp3) is 0.118. The van der Waals surface area contributed by atoms with E-state index in [2.05, 4.69) is 15.4 Å². The van der Waals surface area contributed by atoms with Gasteiger partial charge in [-0.3, -0.25) is 14.3 Å². The van der Waals surface area contributed by atoms with Crippen molar-refractivity contribution in [1.82, 2.24) is 0 Å². The Balaban J connectivity index is 2.13. The van der Waals surface area contributed by atoms with Gasteiger partial charge in [0.1, 0.15) is 6.42 Å². The molecule has 8 nitrogen and oxygen atoms in total. The molecule has 0 aliphatic rings. The van der Waals surface area contributed by atoms with Crippen LogP contribution in [0.25, 0.3) is 0 Å². The first-order chi connectivity index (χ1) is 12.3. The van der Waals surface area contributed by atoms with E-state index in [4.69, 9.17) is 5.26 Å². The Morgan fingerprint density at radius 3 is 2.12 bits per heavy atom. The first-order valence-corrected chi connectivity index (χ1v) is 9.32. The van der Waals surface area contributed by atoms with Crippen molar-refractivity contribution in [2.24, 2.45) is 0 Å². The molecule has 134 valence electrons. The van der Waals surface area contributed by atoms with Crippen LogP contribution in [0.5, 0.6) is 0 Å².